The van der Waals surface area contributed by atoms with Crippen molar-refractivity contribution in [3.8, 4) is 0 Å². The average molecular weight is 178 g/mol. The smallest absolute Gasteiger partial charge is 0.0671 e. The molecular weight excluding hydrogens is 162 g/mol. The van der Waals surface area contributed by atoms with Crippen molar-refractivity contribution in [1.82, 2.24) is 5.32 Å². The normalized spacial score (nSPS) is 14.1. The minimum Gasteiger partial charge on any atom is -0.377 e. The summed E-state index contributed by atoms with van der Waals surface area (Å²) in [5.74, 6) is 0. The number of halogens is 1. The highest BCUT2D eigenvalue weighted by Crippen LogP contribution is 1.86. The average Bonchev–Trinajstić information content (AvgIpc) is 1.99. The largest absolute Gasteiger partial charge is 0.377 e. The van der Waals surface area contributed by atoms with Crippen LogP contribution in [-0.4, -0.2) is 25.8 Å². The highest BCUT2D eigenvalue weighted by atomic mass is 35.5. The molecule has 0 amide bonds. The standard InChI is InChI=1S/C8H16ClNO/c1-3-11-8(2)7-10-6-4-5-9/h4-5,8,10H,3,6-7H2,1-2H3/b5-4+. The Balaban J connectivity index is 3.10. The van der Waals surface area contributed by atoms with Crippen molar-refractivity contribution in [2.24, 2.45) is 0 Å². The van der Waals surface area contributed by atoms with Crippen molar-refractivity contribution >= 4 is 11.6 Å². The summed E-state index contributed by atoms with van der Waals surface area (Å²) in [6, 6.07) is 0. The molecule has 0 saturated carbocycles. The van der Waals surface area contributed by atoms with Crippen LogP contribution in [0.1, 0.15) is 13.8 Å². The summed E-state index contributed by atoms with van der Waals surface area (Å²) in [6.45, 7) is 6.49. The van der Waals surface area contributed by atoms with E-state index in [9.17, 15) is 0 Å². The van der Waals surface area contributed by atoms with Gasteiger partial charge in [-0.1, -0.05) is 17.7 Å². The minimum atomic E-state index is 0.281. The Labute approximate surface area is 73.6 Å². The van der Waals surface area contributed by atoms with Gasteiger partial charge in [-0.2, -0.15) is 0 Å². The molecule has 0 spiro atoms. The molecule has 0 aromatic heterocycles. The van der Waals surface area contributed by atoms with Crippen molar-refractivity contribution in [2.45, 2.75) is 20.0 Å². The molecule has 0 aliphatic rings. The minimum absolute atomic E-state index is 0.281. The molecule has 3 heteroatoms. The Morgan fingerprint density at radius 3 is 2.91 bits per heavy atom. The number of hydrogen-bond donors (Lipinski definition) is 1. The van der Waals surface area contributed by atoms with E-state index in [4.69, 9.17) is 16.3 Å². The van der Waals surface area contributed by atoms with E-state index in [0.717, 1.165) is 19.7 Å². The lowest BCUT2D eigenvalue weighted by Gasteiger charge is -2.10. The SMILES string of the molecule is CCOC(C)CNC/C=C/Cl. The summed E-state index contributed by atoms with van der Waals surface area (Å²) in [4.78, 5) is 0. The molecule has 1 N–H and O–H groups in total. The lowest BCUT2D eigenvalue weighted by Crippen LogP contribution is -2.26. The van der Waals surface area contributed by atoms with E-state index in [-0.39, 0.29) is 6.10 Å². The number of nitrogens with one attached hydrogen (secondary N) is 1. The van der Waals surface area contributed by atoms with Crippen molar-refractivity contribution < 1.29 is 4.74 Å². The molecule has 0 aromatic carbocycles. The first-order chi connectivity index (χ1) is 5.31. The first kappa shape index (κ1) is 11.0. The second-order valence-electron chi connectivity index (χ2n) is 2.29. The lowest BCUT2D eigenvalue weighted by atomic mass is 10.4. The zero-order valence-corrected chi connectivity index (χ0v) is 7.90. The van der Waals surface area contributed by atoms with Crippen LogP contribution in [0.4, 0.5) is 0 Å². The molecule has 1 atom stereocenters. The highest BCUT2D eigenvalue weighted by Gasteiger charge is 1.96. The maximum atomic E-state index is 5.33. The first-order valence-electron chi connectivity index (χ1n) is 3.88. The van der Waals surface area contributed by atoms with E-state index in [0.29, 0.717) is 0 Å². The number of rotatable bonds is 6. The molecule has 11 heavy (non-hydrogen) atoms. The van der Waals surface area contributed by atoms with Gasteiger partial charge in [-0.15, -0.1) is 0 Å². The monoisotopic (exact) mass is 177 g/mol. The van der Waals surface area contributed by atoms with Crippen LogP contribution in [-0.2, 0) is 4.74 Å². The fraction of sp³-hybridized carbons (Fsp3) is 0.750. The van der Waals surface area contributed by atoms with E-state index < -0.39 is 0 Å². The summed E-state index contributed by atoms with van der Waals surface area (Å²) in [5, 5.41) is 3.17. The van der Waals surface area contributed by atoms with Crippen molar-refractivity contribution in [3.05, 3.63) is 11.6 Å². The summed E-state index contributed by atoms with van der Waals surface area (Å²) in [6.07, 6.45) is 2.14. The van der Waals surface area contributed by atoms with Gasteiger partial charge in [0.05, 0.1) is 6.10 Å². The van der Waals surface area contributed by atoms with Gasteiger partial charge >= 0.3 is 0 Å². The molecule has 0 bridgehead atoms. The van der Waals surface area contributed by atoms with Gasteiger partial charge in [0, 0.05) is 25.2 Å². The van der Waals surface area contributed by atoms with E-state index >= 15 is 0 Å². The van der Waals surface area contributed by atoms with Crippen LogP contribution in [0, 0.1) is 0 Å². The van der Waals surface area contributed by atoms with Gasteiger partial charge in [0.25, 0.3) is 0 Å². The topological polar surface area (TPSA) is 21.3 Å². The molecule has 1 unspecified atom stereocenters. The Morgan fingerprint density at radius 1 is 1.64 bits per heavy atom. The van der Waals surface area contributed by atoms with Crippen LogP contribution in [0.15, 0.2) is 11.6 Å². The van der Waals surface area contributed by atoms with Gasteiger partial charge in [0.15, 0.2) is 0 Å². The van der Waals surface area contributed by atoms with E-state index in [1.165, 1.54) is 5.54 Å². The zero-order valence-electron chi connectivity index (χ0n) is 7.14. The van der Waals surface area contributed by atoms with Crippen LogP contribution < -0.4 is 5.32 Å². The molecule has 0 fully saturated rings. The summed E-state index contributed by atoms with van der Waals surface area (Å²) in [5.41, 5.74) is 1.51. The summed E-state index contributed by atoms with van der Waals surface area (Å²) >= 11 is 5.33. The maximum absolute atomic E-state index is 5.33. The molecular formula is C8H16ClNO. The van der Waals surface area contributed by atoms with Gasteiger partial charge in [-0.25, -0.2) is 0 Å². The molecule has 0 saturated heterocycles. The van der Waals surface area contributed by atoms with Crippen molar-refractivity contribution in [2.75, 3.05) is 19.7 Å². The predicted molar refractivity (Wildman–Crippen MR) is 49.0 cm³/mol. The third-order valence-corrected chi connectivity index (χ3v) is 1.41. The van der Waals surface area contributed by atoms with E-state index in [1.807, 2.05) is 19.9 Å². The molecule has 0 heterocycles. The fourth-order valence-corrected chi connectivity index (χ4v) is 0.847. The van der Waals surface area contributed by atoms with Gasteiger partial charge in [0.1, 0.15) is 0 Å². The number of hydrogen-bond acceptors (Lipinski definition) is 2. The summed E-state index contributed by atoms with van der Waals surface area (Å²) in [7, 11) is 0. The molecule has 2 nitrogen and oxygen atoms in total. The van der Waals surface area contributed by atoms with Gasteiger partial charge in [0.2, 0.25) is 0 Å². The van der Waals surface area contributed by atoms with Gasteiger partial charge < -0.3 is 10.1 Å². The Kier molecular flexibility index (Phi) is 8.01. The van der Waals surface area contributed by atoms with Crippen molar-refractivity contribution in [3.63, 3.8) is 0 Å². The predicted octanol–water partition coefficient (Wildman–Crippen LogP) is 1.75. The second kappa shape index (κ2) is 8.05. The fourth-order valence-electron chi connectivity index (χ4n) is 0.758. The quantitative estimate of drug-likeness (QED) is 0.625. The molecule has 0 radical (unpaired) electrons. The third-order valence-electron chi connectivity index (χ3n) is 1.23. The van der Waals surface area contributed by atoms with Crippen LogP contribution in [0.25, 0.3) is 0 Å². The molecule has 66 valence electrons. The zero-order chi connectivity index (χ0) is 8.53. The second-order valence-corrected chi connectivity index (χ2v) is 2.54. The van der Waals surface area contributed by atoms with E-state index in [2.05, 4.69) is 5.32 Å². The molecule has 0 rings (SSSR count). The van der Waals surface area contributed by atoms with Crippen LogP contribution in [0.2, 0.25) is 0 Å². The Morgan fingerprint density at radius 2 is 2.36 bits per heavy atom. The maximum Gasteiger partial charge on any atom is 0.0671 e. The first-order valence-corrected chi connectivity index (χ1v) is 4.32. The van der Waals surface area contributed by atoms with E-state index in [1.54, 1.807) is 0 Å². The van der Waals surface area contributed by atoms with Crippen LogP contribution in [0.3, 0.4) is 0 Å². The van der Waals surface area contributed by atoms with Crippen LogP contribution in [0.5, 0.6) is 0 Å². The third kappa shape index (κ3) is 7.85. The molecule has 0 aliphatic heterocycles. The van der Waals surface area contributed by atoms with Crippen LogP contribution >= 0.6 is 11.6 Å². The molecule has 0 aliphatic carbocycles. The highest BCUT2D eigenvalue weighted by molar-refractivity contribution is 6.25. The summed E-state index contributed by atoms with van der Waals surface area (Å²) < 4.78 is 5.30. The van der Waals surface area contributed by atoms with Gasteiger partial charge in [-0.05, 0) is 13.8 Å². The molecule has 0 aromatic rings. The lowest BCUT2D eigenvalue weighted by molar-refractivity contribution is 0.0769. The Hall–Kier alpha value is -0.0500. The number of ether oxygens (including phenoxy) is 1. The Bertz CT molecular complexity index is 106. The van der Waals surface area contributed by atoms with Gasteiger partial charge in [-0.3, -0.25) is 0 Å². The van der Waals surface area contributed by atoms with Crippen molar-refractivity contribution in [1.29, 1.82) is 0 Å².